The van der Waals surface area contributed by atoms with Crippen LogP contribution in [-0.2, 0) is 4.79 Å². The van der Waals surface area contributed by atoms with E-state index in [1.807, 2.05) is 6.92 Å². The maximum absolute atomic E-state index is 12.3. The zero-order valence-electron chi connectivity index (χ0n) is 9.91. The molecule has 1 amide bonds. The molecular weight excluding hydrogens is 208 g/mol. The fraction of sp³-hybridized carbons (Fsp3) is 0.909. The van der Waals surface area contributed by atoms with E-state index in [4.69, 9.17) is 10.2 Å². The van der Waals surface area contributed by atoms with Crippen molar-refractivity contribution in [2.45, 2.75) is 31.7 Å². The Morgan fingerprint density at radius 1 is 1.38 bits per heavy atom. The van der Waals surface area contributed by atoms with Crippen LogP contribution in [0, 0.1) is 0 Å². The van der Waals surface area contributed by atoms with Gasteiger partial charge < -0.3 is 20.4 Å². The highest BCUT2D eigenvalue weighted by Gasteiger charge is 2.41. The minimum absolute atomic E-state index is 0.00981. The Balaban J connectivity index is 2.70. The zero-order valence-corrected chi connectivity index (χ0v) is 9.91. The molecule has 3 N–H and O–H groups in total. The Bertz CT molecular complexity index is 221. The highest BCUT2D eigenvalue weighted by Crippen LogP contribution is 2.25. The van der Waals surface area contributed by atoms with E-state index in [0.29, 0.717) is 13.1 Å². The first-order valence-electron chi connectivity index (χ1n) is 5.96. The van der Waals surface area contributed by atoms with Crippen molar-refractivity contribution in [1.82, 2.24) is 10.2 Å². The van der Waals surface area contributed by atoms with Crippen molar-refractivity contribution in [1.29, 1.82) is 0 Å². The number of rotatable bonds is 6. The molecule has 0 aromatic heterocycles. The molecule has 0 aromatic rings. The highest BCUT2D eigenvalue weighted by molar-refractivity contribution is 5.86. The predicted molar refractivity (Wildman–Crippen MR) is 61.0 cm³/mol. The van der Waals surface area contributed by atoms with E-state index >= 15 is 0 Å². The Labute approximate surface area is 96.4 Å². The van der Waals surface area contributed by atoms with Gasteiger partial charge in [0, 0.05) is 13.1 Å². The third kappa shape index (κ3) is 2.72. The Kier molecular flexibility index (Phi) is 5.18. The molecule has 0 saturated carbocycles. The van der Waals surface area contributed by atoms with E-state index in [9.17, 15) is 4.79 Å². The summed E-state index contributed by atoms with van der Waals surface area (Å²) < 4.78 is 0. The minimum atomic E-state index is -0.468. The van der Waals surface area contributed by atoms with Gasteiger partial charge in [-0.2, -0.15) is 0 Å². The zero-order chi connectivity index (χ0) is 12.0. The standard InChI is InChI=1S/C11H22N2O3/c1-2-11(4-3-5-12-11)10(16)13(6-8-14)7-9-15/h12,14-15H,2-9H2,1H3. The first-order valence-corrected chi connectivity index (χ1v) is 5.96. The van der Waals surface area contributed by atoms with Crippen molar-refractivity contribution in [3.63, 3.8) is 0 Å². The highest BCUT2D eigenvalue weighted by atomic mass is 16.3. The summed E-state index contributed by atoms with van der Waals surface area (Å²) in [6, 6.07) is 0. The van der Waals surface area contributed by atoms with Crippen LogP contribution in [0.2, 0.25) is 0 Å². The van der Waals surface area contributed by atoms with E-state index in [-0.39, 0.29) is 19.1 Å². The lowest BCUT2D eigenvalue weighted by molar-refractivity contribution is -0.139. The lowest BCUT2D eigenvalue weighted by Crippen LogP contribution is -2.55. The molecule has 1 fully saturated rings. The second kappa shape index (κ2) is 6.18. The molecule has 1 saturated heterocycles. The number of aliphatic hydroxyl groups is 2. The van der Waals surface area contributed by atoms with Crippen LogP contribution in [0.25, 0.3) is 0 Å². The number of amides is 1. The van der Waals surface area contributed by atoms with Crippen LogP contribution in [0.15, 0.2) is 0 Å². The summed E-state index contributed by atoms with van der Waals surface area (Å²) in [6.45, 7) is 3.32. The van der Waals surface area contributed by atoms with E-state index in [1.54, 1.807) is 4.90 Å². The first kappa shape index (κ1) is 13.4. The Morgan fingerprint density at radius 2 is 2.00 bits per heavy atom. The smallest absolute Gasteiger partial charge is 0.243 e. The number of carbonyl (C=O) groups is 1. The van der Waals surface area contributed by atoms with Crippen LogP contribution in [-0.4, -0.2) is 59.4 Å². The summed E-state index contributed by atoms with van der Waals surface area (Å²) in [4.78, 5) is 13.9. The molecule has 0 spiro atoms. The topological polar surface area (TPSA) is 72.8 Å². The maximum Gasteiger partial charge on any atom is 0.243 e. The summed E-state index contributed by atoms with van der Waals surface area (Å²) >= 11 is 0. The van der Waals surface area contributed by atoms with Crippen molar-refractivity contribution in [2.24, 2.45) is 0 Å². The van der Waals surface area contributed by atoms with Gasteiger partial charge in [0.15, 0.2) is 0 Å². The molecule has 0 aromatic carbocycles. The summed E-state index contributed by atoms with van der Waals surface area (Å²) in [5.41, 5.74) is -0.468. The van der Waals surface area contributed by atoms with Crippen LogP contribution in [0.5, 0.6) is 0 Å². The van der Waals surface area contributed by atoms with Crippen molar-refractivity contribution in [3.05, 3.63) is 0 Å². The van der Waals surface area contributed by atoms with Gasteiger partial charge in [0.25, 0.3) is 0 Å². The van der Waals surface area contributed by atoms with Crippen LogP contribution in [0.3, 0.4) is 0 Å². The Hall–Kier alpha value is -0.650. The quantitative estimate of drug-likeness (QED) is 0.566. The third-order valence-corrected chi connectivity index (χ3v) is 3.28. The van der Waals surface area contributed by atoms with E-state index < -0.39 is 5.54 Å². The monoisotopic (exact) mass is 230 g/mol. The molecule has 1 rings (SSSR count). The lowest BCUT2D eigenvalue weighted by Gasteiger charge is -2.33. The van der Waals surface area contributed by atoms with Crippen molar-refractivity contribution in [3.8, 4) is 0 Å². The molecule has 5 nitrogen and oxygen atoms in total. The maximum atomic E-state index is 12.3. The van der Waals surface area contributed by atoms with E-state index in [2.05, 4.69) is 5.32 Å². The molecule has 94 valence electrons. The minimum Gasteiger partial charge on any atom is -0.395 e. The Morgan fingerprint density at radius 3 is 2.38 bits per heavy atom. The summed E-state index contributed by atoms with van der Waals surface area (Å²) in [5.74, 6) is 0.00981. The largest absolute Gasteiger partial charge is 0.395 e. The summed E-state index contributed by atoms with van der Waals surface area (Å²) in [6.07, 6.45) is 2.60. The van der Waals surface area contributed by atoms with E-state index in [0.717, 1.165) is 25.8 Å². The molecule has 0 aliphatic carbocycles. The number of aliphatic hydroxyl groups excluding tert-OH is 2. The van der Waals surface area contributed by atoms with Crippen LogP contribution in [0.1, 0.15) is 26.2 Å². The van der Waals surface area contributed by atoms with Gasteiger partial charge >= 0.3 is 0 Å². The second-order valence-corrected chi connectivity index (χ2v) is 4.21. The van der Waals surface area contributed by atoms with Crippen molar-refractivity contribution >= 4 is 5.91 Å². The molecule has 0 radical (unpaired) electrons. The van der Waals surface area contributed by atoms with Gasteiger partial charge in [0.05, 0.1) is 18.8 Å². The van der Waals surface area contributed by atoms with Gasteiger partial charge in [-0.1, -0.05) is 6.92 Å². The number of hydrogen-bond acceptors (Lipinski definition) is 4. The SMILES string of the molecule is CCC1(C(=O)N(CCO)CCO)CCCN1. The first-order chi connectivity index (χ1) is 7.70. The van der Waals surface area contributed by atoms with Crippen LogP contribution in [0.4, 0.5) is 0 Å². The molecule has 1 heterocycles. The number of hydrogen-bond donors (Lipinski definition) is 3. The molecule has 16 heavy (non-hydrogen) atoms. The number of nitrogens with zero attached hydrogens (tertiary/aromatic N) is 1. The van der Waals surface area contributed by atoms with Gasteiger partial charge in [-0.3, -0.25) is 4.79 Å². The van der Waals surface area contributed by atoms with Crippen molar-refractivity contribution in [2.75, 3.05) is 32.8 Å². The van der Waals surface area contributed by atoms with Gasteiger partial charge in [-0.05, 0) is 25.8 Å². The fourth-order valence-corrected chi connectivity index (χ4v) is 2.30. The number of nitrogens with one attached hydrogen (secondary N) is 1. The average Bonchev–Trinajstić information content (AvgIpc) is 2.77. The van der Waals surface area contributed by atoms with Gasteiger partial charge in [0.1, 0.15) is 0 Å². The summed E-state index contributed by atoms with van der Waals surface area (Å²) in [7, 11) is 0. The molecule has 1 atom stereocenters. The van der Waals surface area contributed by atoms with E-state index in [1.165, 1.54) is 0 Å². The predicted octanol–water partition coefficient (Wildman–Crippen LogP) is -0.668. The molecular formula is C11H22N2O3. The van der Waals surface area contributed by atoms with Crippen molar-refractivity contribution < 1.29 is 15.0 Å². The molecule has 5 heteroatoms. The number of carbonyl (C=O) groups excluding carboxylic acids is 1. The lowest BCUT2D eigenvalue weighted by atomic mass is 9.92. The van der Waals surface area contributed by atoms with Gasteiger partial charge in [-0.25, -0.2) is 0 Å². The molecule has 0 bridgehead atoms. The average molecular weight is 230 g/mol. The van der Waals surface area contributed by atoms with Crippen LogP contribution < -0.4 is 5.32 Å². The molecule has 1 unspecified atom stereocenters. The molecule has 1 aliphatic rings. The van der Waals surface area contributed by atoms with Crippen LogP contribution >= 0.6 is 0 Å². The van der Waals surface area contributed by atoms with Gasteiger partial charge in [-0.15, -0.1) is 0 Å². The molecule has 1 aliphatic heterocycles. The third-order valence-electron chi connectivity index (χ3n) is 3.28. The van der Waals surface area contributed by atoms with Gasteiger partial charge in [0.2, 0.25) is 5.91 Å². The fourth-order valence-electron chi connectivity index (χ4n) is 2.30. The summed E-state index contributed by atoms with van der Waals surface area (Å²) in [5, 5.41) is 21.1. The second-order valence-electron chi connectivity index (χ2n) is 4.21. The normalized spacial score (nSPS) is 24.7.